The van der Waals surface area contributed by atoms with Crippen molar-refractivity contribution in [2.75, 3.05) is 26.8 Å². The highest BCUT2D eigenvalue weighted by Gasteiger charge is 2.35. The van der Waals surface area contributed by atoms with Crippen LogP contribution in [0.1, 0.15) is 24.0 Å². The zero-order chi connectivity index (χ0) is 16.8. The number of methoxy groups -OCH3 is 1. The maximum atomic E-state index is 10.1. The number of aliphatic hydroxyl groups is 1. The molecule has 1 atom stereocenters. The van der Waals surface area contributed by atoms with Gasteiger partial charge in [0.15, 0.2) is 0 Å². The van der Waals surface area contributed by atoms with Gasteiger partial charge in [0.1, 0.15) is 5.75 Å². The summed E-state index contributed by atoms with van der Waals surface area (Å²) in [6, 6.07) is 12.3. The fourth-order valence-corrected chi connectivity index (χ4v) is 3.74. The zero-order valence-corrected chi connectivity index (χ0v) is 14.3. The second-order valence-corrected chi connectivity index (χ2v) is 6.86. The summed E-state index contributed by atoms with van der Waals surface area (Å²) in [6.45, 7) is 3.10. The summed E-state index contributed by atoms with van der Waals surface area (Å²) in [7, 11) is 1.69. The summed E-state index contributed by atoms with van der Waals surface area (Å²) >= 11 is 0. The Bertz CT molecular complexity index is 647. The van der Waals surface area contributed by atoms with E-state index < -0.39 is 0 Å². The number of piperidine rings is 1. The van der Waals surface area contributed by atoms with Crippen molar-refractivity contribution in [2.45, 2.75) is 25.8 Å². The van der Waals surface area contributed by atoms with Gasteiger partial charge in [-0.25, -0.2) is 0 Å². The van der Waals surface area contributed by atoms with Gasteiger partial charge in [0, 0.05) is 30.9 Å². The molecule has 1 fully saturated rings. The Labute approximate surface area is 144 Å². The van der Waals surface area contributed by atoms with E-state index in [0.29, 0.717) is 0 Å². The highest BCUT2D eigenvalue weighted by molar-refractivity contribution is 5.29. The van der Waals surface area contributed by atoms with Crippen LogP contribution in [0.2, 0.25) is 0 Å². The summed E-state index contributed by atoms with van der Waals surface area (Å²) in [6.07, 6.45) is 6.79. The van der Waals surface area contributed by atoms with Gasteiger partial charge in [-0.05, 0) is 55.1 Å². The SMILES string of the molecule is COc1cccc(CC2(CO)CCCN(Cc3cccnc3)C2)c1. The lowest BCUT2D eigenvalue weighted by atomic mass is 9.75. The molecule has 1 N–H and O–H groups in total. The van der Waals surface area contributed by atoms with Crippen molar-refractivity contribution in [2.24, 2.45) is 5.41 Å². The fraction of sp³-hybridized carbons (Fsp3) is 0.450. The molecule has 24 heavy (non-hydrogen) atoms. The van der Waals surface area contributed by atoms with Gasteiger partial charge in [-0.2, -0.15) is 0 Å². The molecular weight excluding hydrogens is 300 g/mol. The Hall–Kier alpha value is -1.91. The summed E-state index contributed by atoms with van der Waals surface area (Å²) in [5, 5.41) is 10.1. The summed E-state index contributed by atoms with van der Waals surface area (Å²) in [5.74, 6) is 0.878. The van der Waals surface area contributed by atoms with Crippen LogP contribution in [0.3, 0.4) is 0 Å². The number of rotatable bonds is 6. The Morgan fingerprint density at radius 2 is 2.12 bits per heavy atom. The predicted molar refractivity (Wildman–Crippen MR) is 95.0 cm³/mol. The van der Waals surface area contributed by atoms with Gasteiger partial charge in [-0.15, -0.1) is 0 Å². The molecule has 2 aromatic rings. The van der Waals surface area contributed by atoms with Crippen molar-refractivity contribution in [3.05, 3.63) is 59.9 Å². The molecule has 4 nitrogen and oxygen atoms in total. The van der Waals surface area contributed by atoms with Gasteiger partial charge in [0.05, 0.1) is 13.7 Å². The quantitative estimate of drug-likeness (QED) is 0.886. The lowest BCUT2D eigenvalue weighted by Crippen LogP contribution is -2.46. The summed E-state index contributed by atoms with van der Waals surface area (Å²) < 4.78 is 5.33. The number of benzene rings is 1. The van der Waals surface area contributed by atoms with E-state index in [2.05, 4.69) is 28.1 Å². The zero-order valence-electron chi connectivity index (χ0n) is 14.3. The maximum Gasteiger partial charge on any atom is 0.119 e. The number of aromatic nitrogens is 1. The van der Waals surface area contributed by atoms with Crippen LogP contribution in [0.15, 0.2) is 48.8 Å². The highest BCUT2D eigenvalue weighted by atomic mass is 16.5. The molecule has 1 aromatic heterocycles. The van der Waals surface area contributed by atoms with Gasteiger partial charge in [0.25, 0.3) is 0 Å². The van der Waals surface area contributed by atoms with E-state index in [1.165, 1.54) is 11.1 Å². The van der Waals surface area contributed by atoms with Crippen LogP contribution >= 0.6 is 0 Å². The largest absolute Gasteiger partial charge is 0.497 e. The first-order chi connectivity index (χ1) is 11.7. The summed E-state index contributed by atoms with van der Waals surface area (Å²) in [4.78, 5) is 6.64. The lowest BCUT2D eigenvalue weighted by Gasteiger charge is -2.42. The lowest BCUT2D eigenvalue weighted by molar-refractivity contribution is 0.0288. The first kappa shape index (κ1) is 16.9. The number of nitrogens with zero attached hydrogens (tertiary/aromatic N) is 2. The van der Waals surface area contributed by atoms with Crippen LogP contribution in [0.5, 0.6) is 5.75 Å². The van der Waals surface area contributed by atoms with E-state index in [0.717, 1.165) is 44.6 Å². The number of hydrogen-bond donors (Lipinski definition) is 1. The van der Waals surface area contributed by atoms with Crippen LogP contribution in [0.25, 0.3) is 0 Å². The van der Waals surface area contributed by atoms with Crippen LogP contribution in [-0.4, -0.2) is 41.8 Å². The van der Waals surface area contributed by atoms with Crippen molar-refractivity contribution >= 4 is 0 Å². The van der Waals surface area contributed by atoms with E-state index in [1.54, 1.807) is 13.3 Å². The molecule has 0 bridgehead atoms. The predicted octanol–water partition coefficient (Wildman–Crippen LogP) is 2.91. The number of pyridine rings is 1. The fourth-order valence-electron chi connectivity index (χ4n) is 3.74. The van der Waals surface area contributed by atoms with Crippen molar-refractivity contribution < 1.29 is 9.84 Å². The average molecular weight is 326 g/mol. The second kappa shape index (κ2) is 7.77. The van der Waals surface area contributed by atoms with Gasteiger partial charge in [-0.1, -0.05) is 18.2 Å². The normalized spacial score (nSPS) is 21.6. The van der Waals surface area contributed by atoms with Gasteiger partial charge in [0.2, 0.25) is 0 Å². The molecule has 3 rings (SSSR count). The van der Waals surface area contributed by atoms with Gasteiger partial charge < -0.3 is 9.84 Å². The van der Waals surface area contributed by atoms with E-state index in [1.807, 2.05) is 24.4 Å². The molecule has 0 saturated carbocycles. The van der Waals surface area contributed by atoms with E-state index in [-0.39, 0.29) is 12.0 Å². The molecule has 0 spiro atoms. The minimum atomic E-state index is -0.0766. The third-order valence-electron chi connectivity index (χ3n) is 4.92. The molecule has 1 unspecified atom stereocenters. The molecule has 2 heterocycles. The topological polar surface area (TPSA) is 45.6 Å². The smallest absolute Gasteiger partial charge is 0.119 e. The van der Waals surface area contributed by atoms with Gasteiger partial charge in [-0.3, -0.25) is 9.88 Å². The molecule has 4 heteroatoms. The molecule has 1 aliphatic rings. The molecule has 0 aliphatic carbocycles. The average Bonchev–Trinajstić information content (AvgIpc) is 2.63. The van der Waals surface area contributed by atoms with E-state index in [4.69, 9.17) is 4.74 Å². The molecule has 0 amide bonds. The molecule has 0 radical (unpaired) electrons. The number of hydrogen-bond acceptors (Lipinski definition) is 4. The van der Waals surface area contributed by atoms with E-state index in [9.17, 15) is 5.11 Å². The minimum Gasteiger partial charge on any atom is -0.497 e. The minimum absolute atomic E-state index is 0.0766. The first-order valence-corrected chi connectivity index (χ1v) is 8.58. The first-order valence-electron chi connectivity index (χ1n) is 8.58. The molecule has 1 aromatic carbocycles. The van der Waals surface area contributed by atoms with Gasteiger partial charge >= 0.3 is 0 Å². The highest BCUT2D eigenvalue weighted by Crippen LogP contribution is 2.34. The van der Waals surface area contributed by atoms with Crippen molar-refractivity contribution in [1.82, 2.24) is 9.88 Å². The Morgan fingerprint density at radius 3 is 2.88 bits per heavy atom. The van der Waals surface area contributed by atoms with Crippen LogP contribution < -0.4 is 4.74 Å². The van der Waals surface area contributed by atoms with Crippen LogP contribution in [-0.2, 0) is 13.0 Å². The Kier molecular flexibility index (Phi) is 5.48. The van der Waals surface area contributed by atoms with Crippen molar-refractivity contribution in [3.8, 4) is 5.75 Å². The number of likely N-dealkylation sites (tertiary alicyclic amines) is 1. The summed E-state index contributed by atoms with van der Waals surface area (Å²) in [5.41, 5.74) is 2.38. The molecular formula is C20H26N2O2. The molecule has 1 saturated heterocycles. The monoisotopic (exact) mass is 326 g/mol. The van der Waals surface area contributed by atoms with Crippen LogP contribution in [0, 0.1) is 5.41 Å². The maximum absolute atomic E-state index is 10.1. The Morgan fingerprint density at radius 1 is 1.25 bits per heavy atom. The third kappa shape index (κ3) is 4.13. The molecule has 1 aliphatic heterocycles. The van der Waals surface area contributed by atoms with E-state index >= 15 is 0 Å². The second-order valence-electron chi connectivity index (χ2n) is 6.86. The standard InChI is InChI=1S/C20H26N2O2/c1-24-19-7-2-5-17(11-19)12-20(16-23)8-4-10-22(15-20)14-18-6-3-9-21-13-18/h2-3,5-7,9,11,13,23H,4,8,10,12,14-16H2,1H3. The van der Waals surface area contributed by atoms with Crippen molar-refractivity contribution in [3.63, 3.8) is 0 Å². The van der Waals surface area contributed by atoms with Crippen molar-refractivity contribution in [1.29, 1.82) is 0 Å². The van der Waals surface area contributed by atoms with Crippen LogP contribution in [0.4, 0.5) is 0 Å². The molecule has 128 valence electrons. The Balaban J connectivity index is 1.71. The number of aliphatic hydroxyl groups excluding tert-OH is 1. The number of ether oxygens (including phenoxy) is 1. The third-order valence-corrected chi connectivity index (χ3v) is 4.92.